The molecule has 0 fully saturated rings. The minimum atomic E-state index is 0.194. The molecule has 2 unspecified atom stereocenters. The standard InChI is InChI=1S/C14H25N3O/c1-5-16-12(14(18-4)10(2)3)8-11-6-7-17-13(15)9-11/h6-7,9-10,12,14,16H,5,8H2,1-4H3,(H2,15,17). The summed E-state index contributed by atoms with van der Waals surface area (Å²) in [5.74, 6) is 1.04. The lowest BCUT2D eigenvalue weighted by Gasteiger charge is -2.29. The predicted molar refractivity (Wildman–Crippen MR) is 75.5 cm³/mol. The number of anilines is 1. The molecule has 0 bridgehead atoms. The van der Waals surface area contributed by atoms with Crippen molar-refractivity contribution in [2.24, 2.45) is 5.92 Å². The van der Waals surface area contributed by atoms with Gasteiger partial charge in [0.15, 0.2) is 0 Å². The molecule has 1 rings (SSSR count). The number of likely N-dealkylation sites (N-methyl/N-ethyl adjacent to an activating group) is 1. The van der Waals surface area contributed by atoms with E-state index < -0.39 is 0 Å². The van der Waals surface area contributed by atoms with E-state index in [1.807, 2.05) is 12.1 Å². The normalized spacial score (nSPS) is 14.7. The zero-order valence-electron chi connectivity index (χ0n) is 11.8. The number of methoxy groups -OCH3 is 1. The maximum Gasteiger partial charge on any atom is 0.123 e. The van der Waals surface area contributed by atoms with Crippen LogP contribution in [0.4, 0.5) is 5.82 Å². The number of nitrogens with two attached hydrogens (primary N) is 1. The number of nitrogens with one attached hydrogen (secondary N) is 1. The third kappa shape index (κ3) is 4.27. The number of rotatable bonds is 7. The zero-order chi connectivity index (χ0) is 13.5. The van der Waals surface area contributed by atoms with Crippen molar-refractivity contribution in [3.8, 4) is 0 Å². The average molecular weight is 251 g/mol. The second kappa shape index (κ2) is 7.34. The molecule has 0 aliphatic rings. The third-order valence-corrected chi connectivity index (χ3v) is 3.09. The summed E-state index contributed by atoms with van der Waals surface area (Å²) in [5.41, 5.74) is 6.90. The van der Waals surface area contributed by atoms with E-state index in [0.29, 0.717) is 17.8 Å². The largest absolute Gasteiger partial charge is 0.384 e. The fourth-order valence-corrected chi connectivity index (χ4v) is 2.34. The number of pyridine rings is 1. The SMILES string of the molecule is CCNC(Cc1ccnc(N)c1)C(OC)C(C)C. The lowest BCUT2D eigenvalue weighted by atomic mass is 9.94. The summed E-state index contributed by atoms with van der Waals surface area (Å²) < 4.78 is 5.62. The van der Waals surface area contributed by atoms with E-state index in [-0.39, 0.29) is 6.10 Å². The van der Waals surface area contributed by atoms with Crippen molar-refractivity contribution < 1.29 is 4.74 Å². The van der Waals surface area contributed by atoms with Gasteiger partial charge in [-0.1, -0.05) is 20.8 Å². The van der Waals surface area contributed by atoms with Gasteiger partial charge in [-0.2, -0.15) is 0 Å². The van der Waals surface area contributed by atoms with E-state index in [2.05, 4.69) is 31.1 Å². The summed E-state index contributed by atoms with van der Waals surface area (Å²) in [4.78, 5) is 4.02. The lowest BCUT2D eigenvalue weighted by molar-refractivity contribution is 0.0337. The first-order valence-electron chi connectivity index (χ1n) is 6.55. The molecule has 4 heteroatoms. The summed E-state index contributed by atoms with van der Waals surface area (Å²) in [5, 5.41) is 3.50. The molecule has 4 nitrogen and oxygen atoms in total. The lowest BCUT2D eigenvalue weighted by Crippen LogP contribution is -2.45. The van der Waals surface area contributed by atoms with Crippen molar-refractivity contribution >= 4 is 5.82 Å². The number of hydrogen-bond donors (Lipinski definition) is 2. The molecule has 0 amide bonds. The molecule has 1 aromatic heterocycles. The topological polar surface area (TPSA) is 60.2 Å². The highest BCUT2D eigenvalue weighted by atomic mass is 16.5. The highest BCUT2D eigenvalue weighted by Crippen LogP contribution is 2.15. The first-order valence-corrected chi connectivity index (χ1v) is 6.55. The van der Waals surface area contributed by atoms with Crippen LogP contribution in [0.25, 0.3) is 0 Å². The van der Waals surface area contributed by atoms with Gasteiger partial charge in [-0.15, -0.1) is 0 Å². The van der Waals surface area contributed by atoms with Crippen LogP contribution in [0, 0.1) is 5.92 Å². The van der Waals surface area contributed by atoms with Crippen molar-refractivity contribution in [1.29, 1.82) is 0 Å². The Bertz CT molecular complexity index is 355. The van der Waals surface area contributed by atoms with Gasteiger partial charge in [-0.05, 0) is 36.6 Å². The predicted octanol–water partition coefficient (Wildman–Crippen LogP) is 1.86. The van der Waals surface area contributed by atoms with Gasteiger partial charge in [0, 0.05) is 19.3 Å². The second-order valence-electron chi connectivity index (χ2n) is 4.90. The van der Waals surface area contributed by atoms with Crippen LogP contribution in [0.1, 0.15) is 26.3 Å². The van der Waals surface area contributed by atoms with Crippen molar-refractivity contribution in [2.45, 2.75) is 39.3 Å². The van der Waals surface area contributed by atoms with Crippen molar-refractivity contribution in [3.63, 3.8) is 0 Å². The van der Waals surface area contributed by atoms with Crippen LogP contribution >= 0.6 is 0 Å². The molecule has 2 atom stereocenters. The van der Waals surface area contributed by atoms with E-state index in [1.54, 1.807) is 13.3 Å². The maximum atomic E-state index is 5.71. The Hall–Kier alpha value is -1.13. The van der Waals surface area contributed by atoms with Crippen molar-refractivity contribution in [2.75, 3.05) is 19.4 Å². The Balaban J connectivity index is 2.79. The third-order valence-electron chi connectivity index (χ3n) is 3.09. The zero-order valence-corrected chi connectivity index (χ0v) is 11.8. The minimum absolute atomic E-state index is 0.194. The number of aromatic nitrogens is 1. The Morgan fingerprint density at radius 2 is 2.17 bits per heavy atom. The average Bonchev–Trinajstić information content (AvgIpc) is 2.29. The summed E-state index contributed by atoms with van der Waals surface area (Å²) in [6, 6.07) is 4.23. The number of nitrogens with zero attached hydrogens (tertiary/aromatic N) is 1. The molecule has 0 aliphatic carbocycles. The van der Waals surface area contributed by atoms with Crippen molar-refractivity contribution in [3.05, 3.63) is 23.9 Å². The maximum absolute atomic E-state index is 5.71. The van der Waals surface area contributed by atoms with E-state index in [1.165, 1.54) is 5.56 Å². The molecule has 102 valence electrons. The molecule has 0 aromatic carbocycles. The van der Waals surface area contributed by atoms with Crippen LogP contribution in [-0.2, 0) is 11.2 Å². The van der Waals surface area contributed by atoms with Gasteiger partial charge in [-0.25, -0.2) is 4.98 Å². The van der Waals surface area contributed by atoms with Crippen LogP contribution in [-0.4, -0.2) is 30.8 Å². The van der Waals surface area contributed by atoms with Gasteiger partial charge in [0.05, 0.1) is 6.10 Å². The Morgan fingerprint density at radius 3 is 2.67 bits per heavy atom. The fourth-order valence-electron chi connectivity index (χ4n) is 2.34. The monoisotopic (exact) mass is 251 g/mol. The van der Waals surface area contributed by atoms with Crippen LogP contribution in [0.2, 0.25) is 0 Å². The summed E-state index contributed by atoms with van der Waals surface area (Å²) in [6.45, 7) is 7.40. The number of hydrogen-bond acceptors (Lipinski definition) is 4. The molecule has 0 radical (unpaired) electrons. The molecule has 0 saturated carbocycles. The summed E-state index contributed by atoms with van der Waals surface area (Å²) >= 11 is 0. The molecule has 0 spiro atoms. The Morgan fingerprint density at radius 1 is 1.44 bits per heavy atom. The highest BCUT2D eigenvalue weighted by Gasteiger charge is 2.23. The van der Waals surface area contributed by atoms with Crippen LogP contribution in [0.3, 0.4) is 0 Å². The molecule has 0 aliphatic heterocycles. The van der Waals surface area contributed by atoms with Gasteiger partial charge in [0.25, 0.3) is 0 Å². The smallest absolute Gasteiger partial charge is 0.123 e. The first-order chi connectivity index (χ1) is 8.58. The van der Waals surface area contributed by atoms with Gasteiger partial charge < -0.3 is 15.8 Å². The molecule has 1 aromatic rings. The van der Waals surface area contributed by atoms with Crippen LogP contribution in [0.5, 0.6) is 0 Å². The molecule has 0 saturated heterocycles. The molecule has 18 heavy (non-hydrogen) atoms. The second-order valence-corrected chi connectivity index (χ2v) is 4.90. The number of ether oxygens (including phenoxy) is 1. The van der Waals surface area contributed by atoms with Crippen molar-refractivity contribution in [1.82, 2.24) is 10.3 Å². The van der Waals surface area contributed by atoms with Gasteiger partial charge in [-0.3, -0.25) is 0 Å². The Kier molecular flexibility index (Phi) is 6.09. The summed E-state index contributed by atoms with van der Waals surface area (Å²) in [6.07, 6.45) is 2.85. The minimum Gasteiger partial charge on any atom is -0.384 e. The van der Waals surface area contributed by atoms with E-state index in [9.17, 15) is 0 Å². The molecular weight excluding hydrogens is 226 g/mol. The van der Waals surface area contributed by atoms with Crippen LogP contribution in [0.15, 0.2) is 18.3 Å². The van der Waals surface area contributed by atoms with Crippen LogP contribution < -0.4 is 11.1 Å². The van der Waals surface area contributed by atoms with E-state index >= 15 is 0 Å². The van der Waals surface area contributed by atoms with Gasteiger partial charge in [0.2, 0.25) is 0 Å². The first kappa shape index (κ1) is 14.9. The van der Waals surface area contributed by atoms with E-state index in [0.717, 1.165) is 13.0 Å². The summed E-state index contributed by atoms with van der Waals surface area (Å²) in [7, 11) is 1.77. The Labute approximate surface area is 110 Å². The fraction of sp³-hybridized carbons (Fsp3) is 0.643. The molecule has 3 N–H and O–H groups in total. The van der Waals surface area contributed by atoms with Gasteiger partial charge in [0.1, 0.15) is 5.82 Å². The van der Waals surface area contributed by atoms with E-state index in [4.69, 9.17) is 10.5 Å². The molecule has 1 heterocycles. The molecular formula is C14H25N3O. The highest BCUT2D eigenvalue weighted by molar-refractivity contribution is 5.32. The quantitative estimate of drug-likeness (QED) is 0.776. The van der Waals surface area contributed by atoms with Gasteiger partial charge >= 0.3 is 0 Å². The number of nitrogen functional groups attached to an aromatic ring is 1.